The van der Waals surface area contributed by atoms with Crippen LogP contribution in [0.3, 0.4) is 0 Å². The largest absolute Gasteiger partial charge is 0.384 e. The normalized spacial score (nSPS) is 11.2. The first-order chi connectivity index (χ1) is 8.49. The second-order valence-corrected chi connectivity index (χ2v) is 5.26. The average Bonchev–Trinajstić information content (AvgIpc) is 2.82. The quantitative estimate of drug-likeness (QED) is 0.883. The third-order valence-corrected chi connectivity index (χ3v) is 3.49. The predicted molar refractivity (Wildman–Crippen MR) is 71.3 cm³/mol. The summed E-state index contributed by atoms with van der Waals surface area (Å²) in [5.74, 6) is 0.0669. The van der Waals surface area contributed by atoms with E-state index in [2.05, 4.69) is 15.3 Å². The number of nitrogens with one attached hydrogen (secondary N) is 1. The first kappa shape index (κ1) is 12.5. The third kappa shape index (κ3) is 2.65. The van der Waals surface area contributed by atoms with Crippen LogP contribution in [0.2, 0.25) is 0 Å². The minimum atomic E-state index is -0.530. The van der Waals surface area contributed by atoms with Crippen LogP contribution in [0.4, 0.5) is 5.82 Å². The molecular formula is C12H14N4OS. The topological polar surface area (TPSA) is 80.9 Å². The molecule has 18 heavy (non-hydrogen) atoms. The lowest BCUT2D eigenvalue weighted by Crippen LogP contribution is -2.41. The Morgan fingerprint density at radius 2 is 2.22 bits per heavy atom. The van der Waals surface area contributed by atoms with E-state index in [0.29, 0.717) is 11.5 Å². The number of carbonyl (C=O) groups is 1. The van der Waals surface area contributed by atoms with E-state index in [9.17, 15) is 4.79 Å². The number of rotatable bonds is 3. The summed E-state index contributed by atoms with van der Waals surface area (Å²) in [5, 5.41) is 5.62. The minimum absolute atomic E-state index is 0.262. The molecule has 0 saturated heterocycles. The van der Waals surface area contributed by atoms with Crippen molar-refractivity contribution in [3.8, 4) is 0 Å². The molecule has 3 N–H and O–H groups in total. The van der Waals surface area contributed by atoms with Crippen molar-refractivity contribution in [3.63, 3.8) is 0 Å². The second-order valence-electron chi connectivity index (χ2n) is 4.36. The third-order valence-electron chi connectivity index (χ3n) is 2.40. The molecule has 0 aromatic carbocycles. The van der Waals surface area contributed by atoms with Crippen LogP contribution in [0.15, 0.2) is 29.8 Å². The molecule has 0 saturated carbocycles. The molecular weight excluding hydrogens is 248 g/mol. The Balaban J connectivity index is 2.17. The standard InChI is InChI=1S/C12H14N4OS/c1-12(2,11-14-6-7-18-11)16-10(17)8-4-3-5-9(13)15-8/h3-7H,1-2H3,(H2,13,15)(H,16,17). The molecule has 0 aliphatic rings. The van der Waals surface area contributed by atoms with Crippen LogP contribution in [0.1, 0.15) is 29.3 Å². The summed E-state index contributed by atoms with van der Waals surface area (Å²) in [4.78, 5) is 20.3. The Hall–Kier alpha value is -1.95. The fourth-order valence-corrected chi connectivity index (χ4v) is 2.23. The van der Waals surface area contributed by atoms with E-state index in [1.165, 1.54) is 11.3 Å². The number of carbonyl (C=O) groups excluding carboxylic acids is 1. The van der Waals surface area contributed by atoms with Gasteiger partial charge in [0.15, 0.2) is 0 Å². The van der Waals surface area contributed by atoms with Crippen molar-refractivity contribution in [2.75, 3.05) is 5.73 Å². The Morgan fingerprint density at radius 3 is 2.83 bits per heavy atom. The molecule has 6 heteroatoms. The summed E-state index contributed by atoms with van der Waals surface area (Å²) in [6, 6.07) is 4.97. The van der Waals surface area contributed by atoms with E-state index >= 15 is 0 Å². The van der Waals surface area contributed by atoms with Crippen molar-refractivity contribution in [2.24, 2.45) is 0 Å². The van der Waals surface area contributed by atoms with Gasteiger partial charge in [0, 0.05) is 11.6 Å². The highest BCUT2D eigenvalue weighted by Gasteiger charge is 2.26. The second kappa shape index (κ2) is 4.73. The molecule has 2 aromatic heterocycles. The molecule has 0 aliphatic carbocycles. The van der Waals surface area contributed by atoms with Crippen molar-refractivity contribution >= 4 is 23.1 Å². The van der Waals surface area contributed by atoms with Crippen molar-refractivity contribution in [3.05, 3.63) is 40.5 Å². The van der Waals surface area contributed by atoms with Gasteiger partial charge in [-0.3, -0.25) is 4.79 Å². The summed E-state index contributed by atoms with van der Waals surface area (Å²) in [6.45, 7) is 3.80. The summed E-state index contributed by atoms with van der Waals surface area (Å²) in [5.41, 5.74) is 5.33. The molecule has 2 rings (SSSR count). The molecule has 0 radical (unpaired) electrons. The maximum Gasteiger partial charge on any atom is 0.270 e. The molecule has 2 aromatic rings. The van der Waals surface area contributed by atoms with E-state index in [1.54, 1.807) is 24.4 Å². The lowest BCUT2D eigenvalue weighted by atomic mass is 10.1. The molecule has 0 unspecified atom stereocenters. The van der Waals surface area contributed by atoms with E-state index < -0.39 is 5.54 Å². The first-order valence-electron chi connectivity index (χ1n) is 5.44. The molecule has 1 amide bonds. The summed E-state index contributed by atoms with van der Waals surface area (Å²) in [6.07, 6.45) is 1.71. The van der Waals surface area contributed by atoms with Crippen LogP contribution >= 0.6 is 11.3 Å². The number of nitrogens with two attached hydrogens (primary N) is 1. The first-order valence-corrected chi connectivity index (χ1v) is 6.32. The molecule has 0 fully saturated rings. The van der Waals surface area contributed by atoms with Crippen molar-refractivity contribution in [2.45, 2.75) is 19.4 Å². The lowest BCUT2D eigenvalue weighted by molar-refractivity contribution is 0.0907. The fraction of sp³-hybridized carbons (Fsp3) is 0.250. The molecule has 0 bridgehead atoms. The Bertz CT molecular complexity index is 551. The molecule has 0 aliphatic heterocycles. The van der Waals surface area contributed by atoms with Crippen LogP contribution < -0.4 is 11.1 Å². The molecule has 0 atom stereocenters. The van der Waals surface area contributed by atoms with Gasteiger partial charge in [0.05, 0.1) is 5.54 Å². The van der Waals surface area contributed by atoms with Crippen LogP contribution in [-0.2, 0) is 5.54 Å². The molecule has 0 spiro atoms. The van der Waals surface area contributed by atoms with E-state index in [4.69, 9.17) is 5.73 Å². The number of nitrogens with zero attached hydrogens (tertiary/aromatic N) is 2. The van der Waals surface area contributed by atoms with Gasteiger partial charge in [0.1, 0.15) is 16.5 Å². The Morgan fingerprint density at radius 1 is 1.44 bits per heavy atom. The number of thiazole rings is 1. The highest BCUT2D eigenvalue weighted by molar-refractivity contribution is 7.09. The summed E-state index contributed by atoms with van der Waals surface area (Å²) in [7, 11) is 0. The smallest absolute Gasteiger partial charge is 0.270 e. The van der Waals surface area contributed by atoms with Crippen molar-refractivity contribution in [1.29, 1.82) is 0 Å². The minimum Gasteiger partial charge on any atom is -0.384 e. The molecule has 94 valence electrons. The van der Waals surface area contributed by atoms with Crippen LogP contribution in [0, 0.1) is 0 Å². The predicted octanol–water partition coefficient (Wildman–Crippen LogP) is 1.79. The zero-order valence-corrected chi connectivity index (χ0v) is 11.0. The highest BCUT2D eigenvalue weighted by Crippen LogP contribution is 2.22. The zero-order valence-electron chi connectivity index (χ0n) is 10.2. The van der Waals surface area contributed by atoms with E-state index in [-0.39, 0.29) is 5.91 Å². The van der Waals surface area contributed by atoms with E-state index in [0.717, 1.165) is 5.01 Å². The Labute approximate surface area is 109 Å². The van der Waals surface area contributed by atoms with Gasteiger partial charge in [-0.05, 0) is 26.0 Å². The average molecular weight is 262 g/mol. The van der Waals surface area contributed by atoms with Crippen LogP contribution in [0.5, 0.6) is 0 Å². The molecule has 5 nitrogen and oxygen atoms in total. The Kier molecular flexibility index (Phi) is 3.29. The SMILES string of the molecule is CC(C)(NC(=O)c1cccc(N)n1)c1nccs1. The van der Waals surface area contributed by atoms with E-state index in [1.807, 2.05) is 19.2 Å². The van der Waals surface area contributed by atoms with Gasteiger partial charge in [-0.2, -0.15) is 0 Å². The molecule has 2 heterocycles. The fourth-order valence-electron chi connectivity index (χ4n) is 1.51. The zero-order chi connectivity index (χ0) is 13.2. The highest BCUT2D eigenvalue weighted by atomic mass is 32.1. The van der Waals surface area contributed by atoms with Crippen molar-refractivity contribution < 1.29 is 4.79 Å². The number of pyridine rings is 1. The number of anilines is 1. The summed E-state index contributed by atoms with van der Waals surface area (Å²) >= 11 is 1.50. The van der Waals surface area contributed by atoms with Gasteiger partial charge in [0.25, 0.3) is 5.91 Å². The maximum atomic E-state index is 12.1. The monoisotopic (exact) mass is 262 g/mol. The number of hydrogen-bond acceptors (Lipinski definition) is 5. The summed E-state index contributed by atoms with van der Waals surface area (Å²) < 4.78 is 0. The maximum absolute atomic E-state index is 12.1. The van der Waals surface area contributed by atoms with Crippen LogP contribution in [0.25, 0.3) is 0 Å². The van der Waals surface area contributed by atoms with Crippen molar-refractivity contribution in [1.82, 2.24) is 15.3 Å². The van der Waals surface area contributed by atoms with Gasteiger partial charge in [-0.15, -0.1) is 11.3 Å². The van der Waals surface area contributed by atoms with Gasteiger partial charge in [-0.25, -0.2) is 9.97 Å². The van der Waals surface area contributed by atoms with Gasteiger partial charge in [0.2, 0.25) is 0 Å². The number of amides is 1. The number of hydrogen-bond donors (Lipinski definition) is 2. The lowest BCUT2D eigenvalue weighted by Gasteiger charge is -2.23. The number of nitrogen functional groups attached to an aromatic ring is 1. The van der Waals surface area contributed by atoms with Gasteiger partial charge in [-0.1, -0.05) is 6.07 Å². The van der Waals surface area contributed by atoms with Gasteiger partial charge >= 0.3 is 0 Å². The van der Waals surface area contributed by atoms with Crippen LogP contribution in [-0.4, -0.2) is 15.9 Å². The number of aromatic nitrogens is 2. The van der Waals surface area contributed by atoms with Gasteiger partial charge < -0.3 is 11.1 Å².